The van der Waals surface area contributed by atoms with Crippen LogP contribution in [0.4, 0.5) is 33.3 Å². The number of aromatic hydroxyl groups is 1. The molecule has 1 saturated carbocycles. The van der Waals surface area contributed by atoms with Crippen molar-refractivity contribution in [3.8, 4) is 11.5 Å². The third-order valence-electron chi connectivity index (χ3n) is 10.2. The molecule has 2 aliphatic carbocycles. The largest absolute Gasteiger partial charge is 0.503 e. The Morgan fingerprint density at radius 1 is 0.882 bits per heavy atom. The lowest BCUT2D eigenvalue weighted by molar-refractivity contribution is -0.125. The highest BCUT2D eigenvalue weighted by Gasteiger charge is 2.77. The van der Waals surface area contributed by atoms with Crippen molar-refractivity contribution in [3.05, 3.63) is 99.9 Å². The van der Waals surface area contributed by atoms with Crippen LogP contribution < -0.4 is 14.5 Å². The lowest BCUT2D eigenvalue weighted by atomic mass is 9.56. The van der Waals surface area contributed by atoms with Gasteiger partial charge in [-0.3, -0.25) is 24.1 Å². The van der Waals surface area contributed by atoms with Crippen molar-refractivity contribution in [1.82, 2.24) is 0 Å². The van der Waals surface area contributed by atoms with Gasteiger partial charge in [0.25, 0.3) is 11.8 Å². The number of carbonyl (C=O) groups is 4. The summed E-state index contributed by atoms with van der Waals surface area (Å²) in [4.78, 5) is 52.0. The number of methoxy groups -OCH3 is 1. The van der Waals surface area contributed by atoms with Crippen LogP contribution in [-0.2, 0) is 19.2 Å². The van der Waals surface area contributed by atoms with Crippen LogP contribution in [0, 0.1) is 46.8 Å². The normalized spacial score (nSPS) is 28.5. The molecular weight excluding hydrogens is 746 g/mol. The number of allylic oxidation sites excluding steroid dienone is 2. The predicted octanol–water partition coefficient (Wildman–Crippen LogP) is 7.16. The highest BCUT2D eigenvalue weighted by Crippen LogP contribution is 2.66. The molecule has 0 spiro atoms. The van der Waals surface area contributed by atoms with Crippen LogP contribution in [0.1, 0.15) is 29.9 Å². The first kappa shape index (κ1) is 35.0. The number of carbonyl (C=O) groups excluding carboxylic acids is 4. The molecule has 2 saturated heterocycles. The number of amides is 4. The van der Waals surface area contributed by atoms with Gasteiger partial charge in [-0.05, 0) is 54.2 Å². The van der Waals surface area contributed by atoms with Gasteiger partial charge in [-0.15, -0.1) is 23.2 Å². The maximum absolute atomic E-state index is 15.2. The highest BCUT2D eigenvalue weighted by molar-refractivity contribution is 6.58. The minimum absolute atomic E-state index is 0.0295. The summed E-state index contributed by atoms with van der Waals surface area (Å²) in [7, 11) is 1.18. The second-order valence-electron chi connectivity index (χ2n) is 12.6. The van der Waals surface area contributed by atoms with E-state index in [1.54, 1.807) is 36.4 Å². The zero-order valence-electron chi connectivity index (χ0n) is 26.0. The average molecular weight is 768 g/mol. The topological polar surface area (TPSA) is 104 Å². The van der Waals surface area contributed by atoms with Crippen molar-refractivity contribution >= 4 is 75.9 Å². The van der Waals surface area contributed by atoms with E-state index in [0.29, 0.717) is 5.56 Å². The molecule has 1 N–H and O–H groups in total. The molecule has 3 aromatic carbocycles. The lowest BCUT2D eigenvalue weighted by Gasteiger charge is -2.50. The number of anilines is 2. The predicted molar refractivity (Wildman–Crippen MR) is 175 cm³/mol. The number of fused-ring (bicyclic) bond motifs is 4. The van der Waals surface area contributed by atoms with Gasteiger partial charge in [-0.25, -0.2) is 26.9 Å². The molecule has 2 aliphatic heterocycles. The Morgan fingerprint density at radius 2 is 1.49 bits per heavy atom. The molecule has 3 fully saturated rings. The van der Waals surface area contributed by atoms with E-state index in [9.17, 15) is 37.5 Å². The zero-order valence-corrected chi connectivity index (χ0v) is 28.2. The Morgan fingerprint density at radius 3 is 2.08 bits per heavy atom. The fraction of sp³-hybridized carbons (Fsp3) is 0.257. The van der Waals surface area contributed by atoms with Gasteiger partial charge >= 0.3 is 0 Å². The molecule has 0 radical (unpaired) electrons. The molecule has 2 heterocycles. The Labute approximate surface area is 300 Å². The number of nitrogens with zero attached hydrogens (tertiary/aromatic N) is 2. The second-order valence-corrected chi connectivity index (χ2v) is 14.2. The number of hydrogen-bond donors (Lipinski definition) is 1. The molecule has 8 nitrogen and oxygen atoms in total. The van der Waals surface area contributed by atoms with Crippen LogP contribution in [0.5, 0.6) is 11.5 Å². The Bertz CT molecular complexity index is 2140. The average Bonchev–Trinajstić information content (AvgIpc) is 3.45. The smallest absolute Gasteiger partial charge is 0.258 e. The van der Waals surface area contributed by atoms with Crippen molar-refractivity contribution in [3.63, 3.8) is 0 Å². The summed E-state index contributed by atoms with van der Waals surface area (Å²) < 4.78 is 78.7. The van der Waals surface area contributed by atoms with E-state index in [4.69, 9.17) is 39.5 Å². The van der Waals surface area contributed by atoms with Crippen molar-refractivity contribution in [2.45, 2.75) is 28.5 Å². The Hall–Kier alpha value is -4.46. The van der Waals surface area contributed by atoms with E-state index in [0.717, 1.165) is 11.0 Å². The van der Waals surface area contributed by atoms with Gasteiger partial charge in [-0.1, -0.05) is 48.0 Å². The van der Waals surface area contributed by atoms with Gasteiger partial charge in [0, 0.05) is 5.92 Å². The third-order valence-corrected chi connectivity index (χ3v) is 11.9. The van der Waals surface area contributed by atoms with Crippen molar-refractivity contribution < 1.29 is 51.0 Å². The quantitative estimate of drug-likeness (QED) is 0.0739. The maximum Gasteiger partial charge on any atom is 0.258 e. The highest BCUT2D eigenvalue weighted by atomic mass is 35.5. The molecule has 4 amide bonds. The van der Waals surface area contributed by atoms with Gasteiger partial charge in [-0.2, -0.15) is 0 Å². The first-order valence-corrected chi connectivity index (χ1v) is 16.3. The van der Waals surface area contributed by atoms with Gasteiger partial charge in [0.2, 0.25) is 17.6 Å². The Kier molecular flexibility index (Phi) is 8.08. The Balaban J connectivity index is 1.44. The summed E-state index contributed by atoms with van der Waals surface area (Å²) in [5.41, 5.74) is -0.768. The summed E-state index contributed by atoms with van der Waals surface area (Å²) in [5.74, 6) is -22.6. The summed E-state index contributed by atoms with van der Waals surface area (Å²) in [6.07, 6.45) is 2.36. The summed E-state index contributed by atoms with van der Waals surface area (Å²) in [6, 6.07) is 8.73. The van der Waals surface area contributed by atoms with Crippen molar-refractivity contribution in [1.29, 1.82) is 0 Å². The summed E-state index contributed by atoms with van der Waals surface area (Å²) >= 11 is 20.6. The van der Waals surface area contributed by atoms with E-state index in [1.165, 1.54) is 13.2 Å². The van der Waals surface area contributed by atoms with Crippen LogP contribution in [0.2, 0.25) is 5.02 Å². The van der Waals surface area contributed by atoms with E-state index < -0.39 is 104 Å². The van der Waals surface area contributed by atoms with Crippen LogP contribution in [-0.4, -0.2) is 45.6 Å². The van der Waals surface area contributed by atoms with Gasteiger partial charge < -0.3 is 9.84 Å². The minimum atomic E-state index is -2.77. The number of benzene rings is 3. The van der Waals surface area contributed by atoms with Gasteiger partial charge in [0.15, 0.2) is 44.5 Å². The van der Waals surface area contributed by atoms with Crippen LogP contribution in [0.15, 0.2) is 54.6 Å². The molecule has 0 bridgehead atoms. The number of alkyl halides is 2. The van der Waals surface area contributed by atoms with Crippen LogP contribution in [0.25, 0.3) is 6.08 Å². The molecule has 6 atom stereocenters. The number of phenols is 1. The fourth-order valence-electron chi connectivity index (χ4n) is 7.87. The number of rotatable bonds is 5. The van der Waals surface area contributed by atoms with E-state index in [2.05, 4.69) is 6.58 Å². The zero-order chi connectivity index (χ0) is 37.1. The molecule has 4 aliphatic rings. The molecule has 3 aromatic rings. The van der Waals surface area contributed by atoms with Crippen LogP contribution in [0.3, 0.4) is 0 Å². The fourth-order valence-corrected chi connectivity index (χ4v) is 9.02. The molecule has 51 heavy (non-hydrogen) atoms. The van der Waals surface area contributed by atoms with E-state index in [1.807, 2.05) is 0 Å². The number of phenolic OH excluding ortho intramolecular Hbond substituents is 1. The molecule has 0 aromatic heterocycles. The SMILES string of the molecule is C=Cc1ccc(N2C(=O)[C@H]3[C@H](CC=C4[C@H]3C[C@@]3(Cl)C(=O)N(c5c(F)c(F)c(F)c(F)c5F)C(=O)[C@@]3(Cl)[C@H]4c3cc(Cl)c(O)c(OC)c3)C2=O)cc1. The number of halogens is 8. The molecular formula is C35H22Cl3F5N2O6. The summed E-state index contributed by atoms with van der Waals surface area (Å²) in [6.45, 7) is 3.68. The molecule has 264 valence electrons. The minimum Gasteiger partial charge on any atom is -0.503 e. The lowest BCUT2D eigenvalue weighted by Crippen LogP contribution is -2.60. The third kappa shape index (κ3) is 4.50. The van der Waals surface area contributed by atoms with Crippen molar-refractivity contribution in [2.24, 2.45) is 17.8 Å². The first-order valence-electron chi connectivity index (χ1n) is 15.2. The number of ether oxygens (including phenoxy) is 1. The monoisotopic (exact) mass is 766 g/mol. The van der Waals surface area contributed by atoms with Crippen molar-refractivity contribution in [2.75, 3.05) is 16.9 Å². The molecule has 16 heteroatoms. The summed E-state index contributed by atoms with van der Waals surface area (Å²) in [5, 5.41) is 10.2. The molecule has 7 rings (SSSR count). The number of hydrogen-bond acceptors (Lipinski definition) is 6. The van der Waals surface area contributed by atoms with E-state index >= 15 is 8.78 Å². The van der Waals surface area contributed by atoms with Gasteiger partial charge in [0.05, 0.1) is 29.7 Å². The first-order chi connectivity index (χ1) is 24.0. The second kappa shape index (κ2) is 11.8. The number of imide groups is 2. The maximum atomic E-state index is 15.2. The van der Waals surface area contributed by atoms with Crippen LogP contribution >= 0.6 is 34.8 Å². The van der Waals surface area contributed by atoms with Gasteiger partial charge in [0.1, 0.15) is 5.69 Å². The molecule has 0 unspecified atom stereocenters. The standard InChI is InChI=1S/C35H22Cl3F5N2O6/c1-3-13-4-6-15(7-5-13)44-30(47)17-9-8-16-18(21(17)31(44)48)12-34(37)32(49)45(28-26(42)24(40)23(39)25(41)27(28)43)33(50)35(34,38)22(16)14-10-19(36)29(46)20(11-14)51-2/h3-8,10-11,17-18,21-22,46H,1,9,12H2,2H3/t17-,18+,21-,22-,34+,35-/m0/s1. The van der Waals surface area contributed by atoms with E-state index in [-0.39, 0.29) is 38.9 Å².